The highest BCUT2D eigenvalue weighted by Crippen LogP contribution is 2.03. The highest BCUT2D eigenvalue weighted by Gasteiger charge is 2.08. The van der Waals surface area contributed by atoms with Gasteiger partial charge in [-0.3, -0.25) is 4.90 Å². The van der Waals surface area contributed by atoms with Gasteiger partial charge in [-0.1, -0.05) is 0 Å². The summed E-state index contributed by atoms with van der Waals surface area (Å²) in [5.41, 5.74) is 1.08. The van der Waals surface area contributed by atoms with E-state index >= 15 is 0 Å². The van der Waals surface area contributed by atoms with E-state index in [4.69, 9.17) is 0 Å². The Morgan fingerprint density at radius 3 is 2.73 bits per heavy atom. The third-order valence-electron chi connectivity index (χ3n) is 2.67. The van der Waals surface area contributed by atoms with Crippen LogP contribution in [0.1, 0.15) is 18.5 Å². The van der Waals surface area contributed by atoms with Crippen LogP contribution in [-0.4, -0.2) is 41.3 Å². The molecule has 0 saturated carbocycles. The monoisotopic (exact) mass is 206 g/mol. The van der Waals surface area contributed by atoms with Crippen molar-refractivity contribution in [3.63, 3.8) is 0 Å². The molecule has 2 rings (SSSR count). The first-order valence-electron chi connectivity index (χ1n) is 5.65. The quantitative estimate of drug-likeness (QED) is 0.772. The summed E-state index contributed by atoms with van der Waals surface area (Å²) >= 11 is 0. The van der Waals surface area contributed by atoms with Gasteiger partial charge in [0, 0.05) is 12.7 Å². The summed E-state index contributed by atoms with van der Waals surface area (Å²) in [6.45, 7) is 5.52. The second kappa shape index (κ2) is 5.78. The lowest BCUT2D eigenvalue weighted by atomic mass is 10.2. The Morgan fingerprint density at radius 1 is 1.27 bits per heavy atom. The Labute approximate surface area is 90.7 Å². The minimum atomic E-state index is 0.938. The lowest BCUT2D eigenvalue weighted by molar-refractivity contribution is 0.241. The first-order valence-corrected chi connectivity index (χ1v) is 5.65. The Bertz CT molecular complexity index is 267. The zero-order chi connectivity index (χ0) is 10.3. The molecule has 4 heteroatoms. The highest BCUT2D eigenvalue weighted by molar-refractivity contribution is 4.98. The van der Waals surface area contributed by atoms with Gasteiger partial charge >= 0.3 is 0 Å². The van der Waals surface area contributed by atoms with Gasteiger partial charge < -0.3 is 5.32 Å². The second-order valence-corrected chi connectivity index (χ2v) is 3.95. The van der Waals surface area contributed by atoms with E-state index in [0.717, 1.165) is 38.4 Å². The molecule has 4 nitrogen and oxygen atoms in total. The lowest BCUT2D eigenvalue weighted by Crippen LogP contribution is -2.33. The molecule has 0 amide bonds. The Morgan fingerprint density at radius 2 is 2.07 bits per heavy atom. The van der Waals surface area contributed by atoms with Gasteiger partial charge in [0.05, 0.1) is 5.69 Å². The van der Waals surface area contributed by atoms with Gasteiger partial charge in [0.25, 0.3) is 0 Å². The average Bonchev–Trinajstić information content (AvgIpc) is 2.23. The lowest BCUT2D eigenvalue weighted by Gasteiger charge is -2.24. The van der Waals surface area contributed by atoms with Crippen LogP contribution < -0.4 is 5.32 Å². The van der Waals surface area contributed by atoms with Crippen LogP contribution in [0.4, 0.5) is 0 Å². The van der Waals surface area contributed by atoms with E-state index in [9.17, 15) is 0 Å². The molecule has 0 unspecified atom stereocenters. The van der Waals surface area contributed by atoms with Crippen molar-refractivity contribution in [1.29, 1.82) is 0 Å². The summed E-state index contributed by atoms with van der Waals surface area (Å²) in [5.74, 6) is 0. The Balaban J connectivity index is 1.86. The molecule has 1 fully saturated rings. The number of hydrogen-bond acceptors (Lipinski definition) is 4. The smallest absolute Gasteiger partial charge is 0.0771 e. The summed E-state index contributed by atoms with van der Waals surface area (Å²) in [5, 5.41) is 11.4. The first-order chi connectivity index (χ1) is 7.45. The number of aromatic nitrogens is 2. The van der Waals surface area contributed by atoms with Crippen LogP contribution in [0.2, 0.25) is 0 Å². The topological polar surface area (TPSA) is 41.1 Å². The number of nitrogens with one attached hydrogen (secondary N) is 1. The van der Waals surface area contributed by atoms with Crippen molar-refractivity contribution in [2.24, 2.45) is 0 Å². The van der Waals surface area contributed by atoms with Crippen molar-refractivity contribution in [2.45, 2.75) is 19.4 Å². The molecule has 1 saturated heterocycles. The largest absolute Gasteiger partial charge is 0.317 e. The van der Waals surface area contributed by atoms with Gasteiger partial charge in [-0.2, -0.15) is 10.2 Å². The molecule has 1 aromatic heterocycles. The molecule has 0 bridgehead atoms. The summed E-state index contributed by atoms with van der Waals surface area (Å²) in [6.07, 6.45) is 4.17. The SMILES string of the molecule is c1cnnc(CN2CCCNCCC2)c1. The molecule has 82 valence electrons. The van der Waals surface area contributed by atoms with Gasteiger partial charge in [-0.15, -0.1) is 0 Å². The van der Waals surface area contributed by atoms with Crippen molar-refractivity contribution in [1.82, 2.24) is 20.4 Å². The minimum absolute atomic E-state index is 0.938. The number of rotatable bonds is 2. The van der Waals surface area contributed by atoms with Crippen molar-refractivity contribution >= 4 is 0 Å². The maximum Gasteiger partial charge on any atom is 0.0771 e. The molecular weight excluding hydrogens is 188 g/mol. The minimum Gasteiger partial charge on any atom is -0.317 e. The maximum atomic E-state index is 4.12. The van der Waals surface area contributed by atoms with E-state index < -0.39 is 0 Å². The van der Waals surface area contributed by atoms with Gasteiger partial charge in [0.2, 0.25) is 0 Å². The molecule has 2 heterocycles. The Hall–Kier alpha value is -1.00. The highest BCUT2D eigenvalue weighted by atomic mass is 15.2. The molecule has 1 aliphatic heterocycles. The molecule has 15 heavy (non-hydrogen) atoms. The van der Waals surface area contributed by atoms with Crippen LogP contribution in [0.3, 0.4) is 0 Å². The van der Waals surface area contributed by atoms with E-state index in [2.05, 4.69) is 20.4 Å². The van der Waals surface area contributed by atoms with Gasteiger partial charge in [0.1, 0.15) is 0 Å². The Kier molecular flexibility index (Phi) is 4.05. The van der Waals surface area contributed by atoms with Crippen LogP contribution in [0.5, 0.6) is 0 Å². The third-order valence-corrected chi connectivity index (χ3v) is 2.67. The molecule has 0 aliphatic carbocycles. The van der Waals surface area contributed by atoms with Crippen LogP contribution >= 0.6 is 0 Å². The summed E-state index contributed by atoms with van der Waals surface area (Å²) in [7, 11) is 0. The van der Waals surface area contributed by atoms with Crippen LogP contribution in [0.15, 0.2) is 18.3 Å². The summed E-state index contributed by atoms with van der Waals surface area (Å²) < 4.78 is 0. The van der Waals surface area contributed by atoms with E-state index in [0.29, 0.717) is 0 Å². The molecule has 0 atom stereocenters. The summed E-state index contributed by atoms with van der Waals surface area (Å²) in [6, 6.07) is 4.00. The zero-order valence-electron chi connectivity index (χ0n) is 9.02. The van der Waals surface area contributed by atoms with Gasteiger partial charge in [-0.25, -0.2) is 0 Å². The van der Waals surface area contributed by atoms with Crippen LogP contribution in [-0.2, 0) is 6.54 Å². The van der Waals surface area contributed by atoms with Crippen molar-refractivity contribution in [2.75, 3.05) is 26.2 Å². The first kappa shape index (κ1) is 10.5. The fraction of sp³-hybridized carbons (Fsp3) is 0.636. The van der Waals surface area contributed by atoms with E-state index in [1.165, 1.54) is 12.8 Å². The predicted octanol–water partition coefficient (Wildman–Crippen LogP) is 0.662. The second-order valence-electron chi connectivity index (χ2n) is 3.95. The van der Waals surface area contributed by atoms with Crippen LogP contribution in [0.25, 0.3) is 0 Å². The van der Waals surface area contributed by atoms with Gasteiger partial charge in [-0.05, 0) is 51.2 Å². The van der Waals surface area contributed by atoms with Crippen molar-refractivity contribution < 1.29 is 0 Å². The average molecular weight is 206 g/mol. The third kappa shape index (κ3) is 3.57. The molecule has 1 aromatic rings. The van der Waals surface area contributed by atoms with E-state index in [1.54, 1.807) is 6.20 Å². The molecule has 1 N–H and O–H groups in total. The fourth-order valence-electron chi connectivity index (χ4n) is 1.90. The van der Waals surface area contributed by atoms with Gasteiger partial charge in [0.15, 0.2) is 0 Å². The van der Waals surface area contributed by atoms with E-state index in [1.807, 2.05) is 12.1 Å². The molecular formula is C11H18N4. The number of hydrogen-bond donors (Lipinski definition) is 1. The molecule has 1 aliphatic rings. The standard InChI is InChI=1S/C11H18N4/c1-4-11(14-13-7-1)10-15-8-2-5-12-6-3-9-15/h1,4,7,12H,2-3,5-6,8-10H2. The fourth-order valence-corrected chi connectivity index (χ4v) is 1.90. The van der Waals surface area contributed by atoms with E-state index in [-0.39, 0.29) is 0 Å². The summed E-state index contributed by atoms with van der Waals surface area (Å²) in [4.78, 5) is 2.46. The molecule has 0 radical (unpaired) electrons. The normalized spacial score (nSPS) is 19.5. The van der Waals surface area contributed by atoms with Crippen molar-refractivity contribution in [3.05, 3.63) is 24.0 Å². The predicted molar refractivity (Wildman–Crippen MR) is 59.4 cm³/mol. The molecule has 0 spiro atoms. The zero-order valence-corrected chi connectivity index (χ0v) is 9.02. The maximum absolute atomic E-state index is 4.12. The molecule has 0 aromatic carbocycles. The van der Waals surface area contributed by atoms with Crippen molar-refractivity contribution in [3.8, 4) is 0 Å². The van der Waals surface area contributed by atoms with Crippen LogP contribution in [0, 0.1) is 0 Å². The number of nitrogens with zero attached hydrogens (tertiary/aromatic N) is 3.